The minimum Gasteiger partial charge on any atom is -0.451 e. The number of rotatable bonds is 3. The molecule has 0 atom stereocenters. The van der Waals surface area contributed by atoms with E-state index in [1.165, 1.54) is 0 Å². The maximum Gasteiger partial charge on any atom is 0.289 e. The fourth-order valence-corrected chi connectivity index (χ4v) is 3.91. The van der Waals surface area contributed by atoms with Crippen LogP contribution in [0.4, 0.5) is 0 Å². The van der Waals surface area contributed by atoms with E-state index in [1.807, 2.05) is 35.4 Å². The second-order valence-corrected chi connectivity index (χ2v) is 9.50. The summed E-state index contributed by atoms with van der Waals surface area (Å²) >= 11 is 3.46. The molecule has 3 aromatic rings. The second-order valence-electron chi connectivity index (χ2n) is 8.58. The maximum absolute atomic E-state index is 13.0. The molecule has 1 fully saturated rings. The van der Waals surface area contributed by atoms with Gasteiger partial charge in [-0.05, 0) is 30.7 Å². The first-order valence-electron chi connectivity index (χ1n) is 9.95. The molecule has 0 spiro atoms. The van der Waals surface area contributed by atoms with Crippen molar-refractivity contribution in [3.05, 3.63) is 52.3 Å². The Bertz CT molecular complexity index is 1020. The van der Waals surface area contributed by atoms with Crippen LogP contribution in [0.1, 0.15) is 49.4 Å². The summed E-state index contributed by atoms with van der Waals surface area (Å²) in [6.45, 7) is 10.1. The number of furan rings is 1. The first-order chi connectivity index (χ1) is 13.8. The van der Waals surface area contributed by atoms with E-state index in [9.17, 15) is 4.79 Å². The van der Waals surface area contributed by atoms with Crippen molar-refractivity contribution in [3.8, 4) is 0 Å². The number of carbonyl (C=O) groups is 1. The highest BCUT2D eigenvalue weighted by Crippen LogP contribution is 2.25. The van der Waals surface area contributed by atoms with Crippen LogP contribution in [0.5, 0.6) is 0 Å². The van der Waals surface area contributed by atoms with Gasteiger partial charge in [0.1, 0.15) is 11.3 Å². The lowest BCUT2D eigenvalue weighted by atomic mass is 9.94. The average Bonchev–Trinajstić information content (AvgIpc) is 3.23. The number of fused-ring (bicyclic) bond motifs is 1. The summed E-state index contributed by atoms with van der Waals surface area (Å²) in [4.78, 5) is 21.6. The number of benzene rings is 1. The average molecular weight is 460 g/mol. The topological polar surface area (TPSA) is 62.7 Å². The molecule has 0 unspecified atom stereocenters. The van der Waals surface area contributed by atoms with Crippen molar-refractivity contribution in [1.29, 1.82) is 0 Å². The van der Waals surface area contributed by atoms with Crippen LogP contribution in [0.3, 0.4) is 0 Å². The Labute approximate surface area is 179 Å². The lowest BCUT2D eigenvalue weighted by Crippen LogP contribution is -2.34. The summed E-state index contributed by atoms with van der Waals surface area (Å²) in [7, 11) is 0. The van der Waals surface area contributed by atoms with Crippen molar-refractivity contribution in [3.63, 3.8) is 0 Å². The minimum atomic E-state index is -0.0506. The number of nitrogens with zero attached hydrogens (tertiary/aromatic N) is 3. The number of oxazole rings is 1. The Morgan fingerprint density at radius 1 is 1.14 bits per heavy atom. The van der Waals surface area contributed by atoms with Crippen molar-refractivity contribution in [2.45, 2.75) is 39.2 Å². The van der Waals surface area contributed by atoms with E-state index in [1.54, 1.807) is 0 Å². The van der Waals surface area contributed by atoms with E-state index >= 15 is 0 Å². The molecule has 1 aliphatic heterocycles. The van der Waals surface area contributed by atoms with Crippen LogP contribution in [0.25, 0.3) is 11.0 Å². The molecule has 1 amide bonds. The van der Waals surface area contributed by atoms with Gasteiger partial charge < -0.3 is 13.7 Å². The first kappa shape index (κ1) is 20.2. The van der Waals surface area contributed by atoms with E-state index in [0.717, 1.165) is 53.1 Å². The van der Waals surface area contributed by atoms with Crippen LogP contribution in [-0.2, 0) is 12.0 Å². The second kappa shape index (κ2) is 7.95. The van der Waals surface area contributed by atoms with Crippen molar-refractivity contribution < 1.29 is 13.6 Å². The predicted molar refractivity (Wildman–Crippen MR) is 115 cm³/mol. The molecule has 0 N–H and O–H groups in total. The molecule has 1 saturated heterocycles. The van der Waals surface area contributed by atoms with Crippen LogP contribution >= 0.6 is 15.9 Å². The lowest BCUT2D eigenvalue weighted by Gasteiger charge is -2.20. The highest BCUT2D eigenvalue weighted by molar-refractivity contribution is 9.10. The van der Waals surface area contributed by atoms with E-state index in [0.29, 0.717) is 18.8 Å². The molecule has 7 heteroatoms. The third-order valence-electron chi connectivity index (χ3n) is 5.22. The quantitative estimate of drug-likeness (QED) is 0.561. The van der Waals surface area contributed by atoms with Crippen molar-refractivity contribution >= 4 is 32.8 Å². The molecule has 4 rings (SSSR count). The van der Waals surface area contributed by atoms with Gasteiger partial charge in [0, 0.05) is 41.5 Å². The third kappa shape index (κ3) is 4.56. The lowest BCUT2D eigenvalue weighted by molar-refractivity contribution is 0.0731. The molecule has 0 aliphatic carbocycles. The van der Waals surface area contributed by atoms with Crippen LogP contribution in [0.15, 0.2) is 43.8 Å². The Morgan fingerprint density at radius 3 is 2.72 bits per heavy atom. The largest absolute Gasteiger partial charge is 0.451 e. The third-order valence-corrected chi connectivity index (χ3v) is 5.71. The molecule has 1 aliphatic rings. The Hall–Kier alpha value is -2.12. The van der Waals surface area contributed by atoms with Crippen molar-refractivity contribution in [1.82, 2.24) is 14.8 Å². The number of carbonyl (C=O) groups excluding carboxylic acids is 1. The Morgan fingerprint density at radius 2 is 1.97 bits per heavy atom. The standard InChI is InChI=1S/C22H26BrN3O3/c1-22(2,3)19-13-24-20(29-19)14-25-7-4-8-26(10-9-25)21(27)18-12-15-11-16(23)5-6-17(15)28-18/h5-6,11-13H,4,7-10,14H2,1-3H3. The summed E-state index contributed by atoms with van der Waals surface area (Å²) in [5.41, 5.74) is 0.682. The van der Waals surface area contributed by atoms with Crippen molar-refractivity contribution in [2.75, 3.05) is 26.2 Å². The molecule has 6 nitrogen and oxygen atoms in total. The highest BCUT2D eigenvalue weighted by atomic mass is 79.9. The number of aromatic nitrogens is 1. The summed E-state index contributed by atoms with van der Waals surface area (Å²) in [5.74, 6) is 1.98. The first-order valence-corrected chi connectivity index (χ1v) is 10.7. The van der Waals surface area contributed by atoms with Gasteiger partial charge in [-0.1, -0.05) is 36.7 Å². The highest BCUT2D eigenvalue weighted by Gasteiger charge is 2.25. The monoisotopic (exact) mass is 459 g/mol. The van der Waals surface area contributed by atoms with Gasteiger partial charge in [0.25, 0.3) is 5.91 Å². The van der Waals surface area contributed by atoms with Gasteiger partial charge in [-0.15, -0.1) is 0 Å². The molecular weight excluding hydrogens is 434 g/mol. The van der Waals surface area contributed by atoms with Crippen LogP contribution in [0, 0.1) is 0 Å². The minimum absolute atomic E-state index is 0.0462. The zero-order chi connectivity index (χ0) is 20.6. The SMILES string of the molecule is CC(C)(C)c1cnc(CN2CCCN(C(=O)c3cc4cc(Br)ccc4o3)CC2)o1. The van der Waals surface area contributed by atoms with E-state index in [4.69, 9.17) is 8.83 Å². The van der Waals surface area contributed by atoms with E-state index in [-0.39, 0.29) is 11.3 Å². The Kier molecular flexibility index (Phi) is 5.53. The molecule has 2 aromatic heterocycles. The smallest absolute Gasteiger partial charge is 0.289 e. The van der Waals surface area contributed by atoms with E-state index < -0.39 is 0 Å². The maximum atomic E-state index is 13.0. The van der Waals surface area contributed by atoms with Crippen LogP contribution in [0.2, 0.25) is 0 Å². The molecular formula is C22H26BrN3O3. The van der Waals surface area contributed by atoms with Gasteiger partial charge >= 0.3 is 0 Å². The van der Waals surface area contributed by atoms with Crippen LogP contribution < -0.4 is 0 Å². The molecule has 0 bridgehead atoms. The normalized spacial score (nSPS) is 16.3. The zero-order valence-electron chi connectivity index (χ0n) is 17.1. The molecule has 154 valence electrons. The summed E-state index contributed by atoms with van der Waals surface area (Å²) < 4.78 is 12.7. The van der Waals surface area contributed by atoms with Gasteiger partial charge in [0.2, 0.25) is 5.89 Å². The summed E-state index contributed by atoms with van der Waals surface area (Å²) in [6, 6.07) is 7.58. The Balaban J connectivity index is 1.40. The number of amides is 1. The molecule has 0 saturated carbocycles. The predicted octanol–water partition coefficient (Wildman–Crippen LogP) is 4.83. The molecule has 29 heavy (non-hydrogen) atoms. The summed E-state index contributed by atoms with van der Waals surface area (Å²) in [5, 5.41) is 0.928. The molecule has 1 aromatic carbocycles. The van der Waals surface area contributed by atoms with Gasteiger partial charge in [-0.3, -0.25) is 9.69 Å². The number of hydrogen-bond donors (Lipinski definition) is 0. The fraction of sp³-hybridized carbons (Fsp3) is 0.455. The fourth-order valence-electron chi connectivity index (χ4n) is 3.53. The molecule has 3 heterocycles. The van der Waals surface area contributed by atoms with Gasteiger partial charge in [0.05, 0.1) is 12.7 Å². The number of halogens is 1. The van der Waals surface area contributed by atoms with Crippen molar-refractivity contribution in [2.24, 2.45) is 0 Å². The van der Waals surface area contributed by atoms with Crippen LogP contribution in [-0.4, -0.2) is 46.9 Å². The summed E-state index contributed by atoms with van der Waals surface area (Å²) in [6.07, 6.45) is 2.73. The van der Waals surface area contributed by atoms with Gasteiger partial charge in [0.15, 0.2) is 5.76 Å². The zero-order valence-corrected chi connectivity index (χ0v) is 18.7. The van der Waals surface area contributed by atoms with Gasteiger partial charge in [-0.2, -0.15) is 0 Å². The number of hydrogen-bond acceptors (Lipinski definition) is 5. The molecule has 0 radical (unpaired) electrons. The van der Waals surface area contributed by atoms with Gasteiger partial charge in [-0.25, -0.2) is 4.98 Å². The van der Waals surface area contributed by atoms with E-state index in [2.05, 4.69) is 46.6 Å².